The van der Waals surface area contributed by atoms with Crippen LogP contribution >= 0.6 is 23.2 Å². The lowest BCUT2D eigenvalue weighted by Gasteiger charge is -2.35. The van der Waals surface area contributed by atoms with Crippen molar-refractivity contribution >= 4 is 41.0 Å². The van der Waals surface area contributed by atoms with E-state index < -0.39 is 12.1 Å². The standard InChI is InChI=1S/C22H26Cl2N4O3/c23-19-6-3-16(13-20(19)24)14-28(22(30)31)21(29)27-11-8-18(9-12-27)26-17-4-1-15(2-5-17)7-10-25/h1-6,13,18,26H,7-12,14,25H2,(H,30,31). The SMILES string of the molecule is NCCc1ccc(NC2CCN(C(=O)N(Cc3ccc(Cl)c(Cl)c3)C(=O)O)CC2)cc1. The smallest absolute Gasteiger partial charge is 0.415 e. The van der Waals surface area contributed by atoms with E-state index in [0.29, 0.717) is 35.2 Å². The van der Waals surface area contributed by atoms with E-state index in [1.807, 2.05) is 12.1 Å². The van der Waals surface area contributed by atoms with Crippen LogP contribution in [0, 0.1) is 0 Å². The molecule has 4 N–H and O–H groups in total. The van der Waals surface area contributed by atoms with Gasteiger partial charge in [-0.25, -0.2) is 14.5 Å². The molecule has 1 fully saturated rings. The van der Waals surface area contributed by atoms with Crippen molar-refractivity contribution in [1.82, 2.24) is 9.80 Å². The number of likely N-dealkylation sites (tertiary alicyclic amines) is 1. The molecule has 31 heavy (non-hydrogen) atoms. The van der Waals surface area contributed by atoms with E-state index in [1.54, 1.807) is 23.1 Å². The van der Waals surface area contributed by atoms with Crippen LogP contribution < -0.4 is 11.1 Å². The molecular weight excluding hydrogens is 439 g/mol. The van der Waals surface area contributed by atoms with E-state index in [4.69, 9.17) is 28.9 Å². The number of amides is 3. The zero-order chi connectivity index (χ0) is 22.4. The van der Waals surface area contributed by atoms with Crippen molar-refractivity contribution in [3.8, 4) is 0 Å². The predicted molar refractivity (Wildman–Crippen MR) is 123 cm³/mol. The molecule has 1 aliphatic heterocycles. The molecule has 0 saturated carbocycles. The third-order valence-corrected chi connectivity index (χ3v) is 6.05. The molecule has 166 valence electrons. The fourth-order valence-corrected chi connectivity index (χ4v) is 3.91. The summed E-state index contributed by atoms with van der Waals surface area (Å²) in [4.78, 5) is 26.9. The number of carbonyl (C=O) groups excluding carboxylic acids is 1. The highest BCUT2D eigenvalue weighted by Gasteiger charge is 2.30. The molecule has 3 rings (SSSR count). The van der Waals surface area contributed by atoms with Gasteiger partial charge in [0.15, 0.2) is 0 Å². The number of carboxylic acid groups (broad SMARTS) is 1. The quantitative estimate of drug-likeness (QED) is 0.576. The number of carbonyl (C=O) groups is 2. The third-order valence-electron chi connectivity index (χ3n) is 5.31. The number of piperidine rings is 1. The van der Waals surface area contributed by atoms with Gasteiger partial charge in [0.1, 0.15) is 0 Å². The summed E-state index contributed by atoms with van der Waals surface area (Å²) < 4.78 is 0. The van der Waals surface area contributed by atoms with E-state index in [0.717, 1.165) is 29.8 Å². The van der Waals surface area contributed by atoms with Gasteiger partial charge in [0.2, 0.25) is 0 Å². The maximum Gasteiger partial charge on any atom is 0.415 e. The van der Waals surface area contributed by atoms with Crippen molar-refractivity contribution in [1.29, 1.82) is 0 Å². The van der Waals surface area contributed by atoms with E-state index in [1.165, 1.54) is 5.56 Å². The normalized spacial score (nSPS) is 14.4. The molecular formula is C22H26Cl2N4O3. The number of anilines is 1. The Labute approximate surface area is 191 Å². The number of rotatable bonds is 6. The molecule has 3 amide bonds. The van der Waals surface area contributed by atoms with Gasteiger partial charge in [-0.2, -0.15) is 0 Å². The summed E-state index contributed by atoms with van der Waals surface area (Å²) in [7, 11) is 0. The lowest BCUT2D eigenvalue weighted by atomic mass is 10.0. The van der Waals surface area contributed by atoms with Crippen molar-refractivity contribution in [3.05, 3.63) is 63.6 Å². The first-order valence-corrected chi connectivity index (χ1v) is 10.9. The van der Waals surface area contributed by atoms with E-state index in [2.05, 4.69) is 17.4 Å². The van der Waals surface area contributed by atoms with Gasteiger partial charge in [-0.1, -0.05) is 41.4 Å². The Kier molecular flexibility index (Phi) is 8.01. The molecule has 2 aromatic rings. The van der Waals surface area contributed by atoms with Crippen molar-refractivity contribution in [3.63, 3.8) is 0 Å². The van der Waals surface area contributed by atoms with Crippen molar-refractivity contribution in [2.45, 2.75) is 31.8 Å². The number of nitrogens with two attached hydrogens (primary N) is 1. The van der Waals surface area contributed by atoms with Gasteiger partial charge in [-0.05, 0) is 61.2 Å². The molecule has 0 atom stereocenters. The van der Waals surface area contributed by atoms with Crippen LogP contribution in [0.1, 0.15) is 24.0 Å². The Bertz CT molecular complexity index is 915. The Balaban J connectivity index is 1.55. The van der Waals surface area contributed by atoms with Crippen LogP contribution in [0.25, 0.3) is 0 Å². The van der Waals surface area contributed by atoms with E-state index >= 15 is 0 Å². The summed E-state index contributed by atoms with van der Waals surface area (Å²) in [5.74, 6) is 0. The fourth-order valence-electron chi connectivity index (χ4n) is 3.59. The van der Waals surface area contributed by atoms with Crippen LogP contribution in [0.5, 0.6) is 0 Å². The number of imide groups is 1. The number of hydrogen-bond donors (Lipinski definition) is 3. The molecule has 0 bridgehead atoms. The Morgan fingerprint density at radius 3 is 2.29 bits per heavy atom. The van der Waals surface area contributed by atoms with E-state index in [9.17, 15) is 14.7 Å². The summed E-state index contributed by atoms with van der Waals surface area (Å²) in [5.41, 5.74) is 8.40. The molecule has 0 aromatic heterocycles. The van der Waals surface area contributed by atoms with Crippen molar-refractivity contribution in [2.75, 3.05) is 25.0 Å². The minimum Gasteiger partial charge on any atom is -0.465 e. The number of benzene rings is 2. The highest BCUT2D eigenvalue weighted by molar-refractivity contribution is 6.42. The second-order valence-corrected chi connectivity index (χ2v) is 8.36. The average Bonchev–Trinajstić information content (AvgIpc) is 2.76. The maximum atomic E-state index is 12.8. The minimum absolute atomic E-state index is 0.0849. The van der Waals surface area contributed by atoms with Crippen LogP contribution in [0.2, 0.25) is 10.0 Å². The van der Waals surface area contributed by atoms with Crippen molar-refractivity contribution < 1.29 is 14.7 Å². The molecule has 0 radical (unpaired) electrons. The summed E-state index contributed by atoms with van der Waals surface area (Å²) >= 11 is 11.9. The summed E-state index contributed by atoms with van der Waals surface area (Å²) in [6.07, 6.45) is 1.02. The molecule has 7 nitrogen and oxygen atoms in total. The topological polar surface area (TPSA) is 98.9 Å². The maximum absolute atomic E-state index is 12.8. The molecule has 9 heteroatoms. The van der Waals surface area contributed by atoms with E-state index in [-0.39, 0.29) is 12.6 Å². The highest BCUT2D eigenvalue weighted by Crippen LogP contribution is 2.24. The monoisotopic (exact) mass is 464 g/mol. The number of urea groups is 1. The number of hydrogen-bond acceptors (Lipinski definition) is 4. The molecule has 1 saturated heterocycles. The first kappa shape index (κ1) is 23.2. The van der Waals surface area contributed by atoms with Gasteiger partial charge in [0.05, 0.1) is 16.6 Å². The highest BCUT2D eigenvalue weighted by atomic mass is 35.5. The average molecular weight is 465 g/mol. The Morgan fingerprint density at radius 2 is 1.71 bits per heavy atom. The Hall–Kier alpha value is -2.48. The summed E-state index contributed by atoms with van der Waals surface area (Å²) in [6.45, 7) is 1.50. The molecule has 0 aliphatic carbocycles. The minimum atomic E-state index is -1.30. The second-order valence-electron chi connectivity index (χ2n) is 7.54. The third kappa shape index (κ3) is 6.26. The number of nitrogens with zero attached hydrogens (tertiary/aromatic N) is 2. The fraction of sp³-hybridized carbons (Fsp3) is 0.364. The lowest BCUT2D eigenvalue weighted by Crippen LogP contribution is -2.49. The van der Waals surface area contributed by atoms with Crippen LogP contribution in [0.3, 0.4) is 0 Å². The first-order chi connectivity index (χ1) is 14.9. The zero-order valence-electron chi connectivity index (χ0n) is 17.1. The summed E-state index contributed by atoms with van der Waals surface area (Å²) in [6, 6.07) is 12.7. The largest absolute Gasteiger partial charge is 0.465 e. The first-order valence-electron chi connectivity index (χ1n) is 10.2. The predicted octanol–water partition coefficient (Wildman–Crippen LogP) is 4.67. The van der Waals surface area contributed by atoms with Gasteiger partial charge in [-0.3, -0.25) is 0 Å². The number of nitrogens with one attached hydrogen (secondary N) is 1. The van der Waals surface area contributed by atoms with Gasteiger partial charge >= 0.3 is 12.1 Å². The molecule has 2 aromatic carbocycles. The molecule has 0 spiro atoms. The van der Waals surface area contributed by atoms with Gasteiger partial charge in [0.25, 0.3) is 0 Å². The Morgan fingerprint density at radius 1 is 1.06 bits per heavy atom. The van der Waals surface area contributed by atoms with Gasteiger partial charge < -0.3 is 21.1 Å². The molecule has 0 unspecified atom stereocenters. The van der Waals surface area contributed by atoms with Crippen LogP contribution in [-0.4, -0.2) is 52.7 Å². The summed E-state index contributed by atoms with van der Waals surface area (Å²) in [5, 5.41) is 13.7. The zero-order valence-corrected chi connectivity index (χ0v) is 18.6. The number of halogens is 2. The molecule has 1 heterocycles. The van der Waals surface area contributed by atoms with Crippen LogP contribution in [0.15, 0.2) is 42.5 Å². The molecule has 1 aliphatic rings. The van der Waals surface area contributed by atoms with Gasteiger partial charge in [0, 0.05) is 24.8 Å². The van der Waals surface area contributed by atoms with Crippen molar-refractivity contribution in [2.24, 2.45) is 5.73 Å². The van der Waals surface area contributed by atoms with Gasteiger partial charge in [-0.15, -0.1) is 0 Å². The second kappa shape index (κ2) is 10.7. The van der Waals surface area contributed by atoms with Crippen LogP contribution in [-0.2, 0) is 13.0 Å². The van der Waals surface area contributed by atoms with Crippen LogP contribution in [0.4, 0.5) is 15.3 Å². The lowest BCUT2D eigenvalue weighted by molar-refractivity contribution is 0.120.